The Hall–Kier alpha value is -1.77. The lowest BCUT2D eigenvalue weighted by Crippen LogP contribution is -2.30. The van der Waals surface area contributed by atoms with Crippen molar-refractivity contribution < 1.29 is 26.6 Å². The summed E-state index contributed by atoms with van der Waals surface area (Å²) in [6.07, 6.45) is -5.05. The minimum absolute atomic E-state index is 0.0545. The fraction of sp³-hybridized carbons (Fsp3) is 0.429. The van der Waals surface area contributed by atoms with E-state index in [4.69, 9.17) is 0 Å². The van der Waals surface area contributed by atoms with Crippen LogP contribution >= 0.6 is 0 Å². The van der Waals surface area contributed by atoms with E-state index in [1.807, 2.05) is 0 Å². The summed E-state index contributed by atoms with van der Waals surface area (Å²) < 4.78 is 65.6. The molecule has 1 rings (SSSR count). The number of carbonyl (C=O) groups is 1. The quantitative estimate of drug-likeness (QED) is 0.667. The Morgan fingerprint density at radius 3 is 2.26 bits per heavy atom. The highest BCUT2D eigenvalue weighted by atomic mass is 32.2. The predicted octanol–water partition coefficient (Wildman–Crippen LogP) is 3.60. The predicted molar refractivity (Wildman–Crippen MR) is 81.2 cm³/mol. The minimum atomic E-state index is -5.05. The van der Waals surface area contributed by atoms with Crippen molar-refractivity contribution in [3.05, 3.63) is 29.6 Å². The van der Waals surface area contributed by atoms with Gasteiger partial charge in [0.1, 0.15) is 16.8 Å². The Kier molecular flexibility index (Phi) is 5.68. The molecule has 1 aromatic carbocycles. The van der Waals surface area contributed by atoms with Gasteiger partial charge in [-0.3, -0.25) is 4.79 Å². The Bertz CT molecular complexity index is 664. The van der Waals surface area contributed by atoms with E-state index in [1.54, 1.807) is 26.1 Å². The van der Waals surface area contributed by atoms with Gasteiger partial charge in [-0.05, 0) is 45.9 Å². The van der Waals surface area contributed by atoms with Gasteiger partial charge in [0.15, 0.2) is 0 Å². The van der Waals surface area contributed by atoms with Gasteiger partial charge in [-0.2, -0.15) is 17.6 Å². The molecule has 0 aromatic heterocycles. The van der Waals surface area contributed by atoms with E-state index in [2.05, 4.69) is 4.40 Å². The van der Waals surface area contributed by atoms with Crippen LogP contribution in [0.3, 0.4) is 0 Å². The number of alkyl halides is 3. The van der Waals surface area contributed by atoms with Crippen LogP contribution in [-0.4, -0.2) is 26.8 Å². The number of carbonyl (C=O) groups excluding carboxylic acids is 1. The van der Waals surface area contributed by atoms with Crippen molar-refractivity contribution in [1.29, 1.82) is 0 Å². The maximum atomic E-state index is 13.8. The lowest BCUT2D eigenvalue weighted by atomic mass is 10.1. The highest BCUT2D eigenvalue weighted by Crippen LogP contribution is 2.21. The van der Waals surface area contributed by atoms with Crippen LogP contribution in [0.2, 0.25) is 0 Å². The molecule has 23 heavy (non-hydrogen) atoms. The number of rotatable bonds is 3. The van der Waals surface area contributed by atoms with Crippen LogP contribution in [-0.2, 0) is 15.8 Å². The molecule has 0 bridgehead atoms. The van der Waals surface area contributed by atoms with Gasteiger partial charge < -0.3 is 5.32 Å². The maximum Gasteiger partial charge on any atom is 0.471 e. The number of nitrogens with zero attached hydrogens (tertiary/aromatic N) is 1. The van der Waals surface area contributed by atoms with E-state index in [0.717, 1.165) is 18.2 Å². The molecule has 0 aliphatic carbocycles. The third kappa shape index (κ3) is 5.42. The van der Waals surface area contributed by atoms with Crippen LogP contribution in [0.5, 0.6) is 0 Å². The molecule has 1 N–H and O–H groups in total. The zero-order valence-electron chi connectivity index (χ0n) is 12.9. The number of anilines is 1. The Balaban J connectivity index is 3.14. The molecule has 0 aliphatic heterocycles. The fourth-order valence-corrected chi connectivity index (χ4v) is 2.01. The number of hydrogen-bond acceptors (Lipinski definition) is 2. The van der Waals surface area contributed by atoms with Crippen LogP contribution in [0, 0.1) is 5.82 Å². The zero-order valence-corrected chi connectivity index (χ0v) is 13.7. The molecule has 0 saturated carbocycles. The third-order valence-corrected chi connectivity index (χ3v) is 4.10. The van der Waals surface area contributed by atoms with E-state index in [9.17, 15) is 26.6 Å². The molecule has 1 unspecified atom stereocenters. The number of amides is 1. The van der Waals surface area contributed by atoms with Crippen molar-refractivity contribution in [3.63, 3.8) is 0 Å². The summed E-state index contributed by atoms with van der Waals surface area (Å²) in [6.45, 7) is 6.42. The first-order chi connectivity index (χ1) is 10.3. The number of nitrogens with one attached hydrogen (secondary N) is 1. The molecule has 0 aliphatic rings. The highest BCUT2D eigenvalue weighted by molar-refractivity contribution is 7.85. The van der Waals surface area contributed by atoms with Gasteiger partial charge in [-0.25, -0.2) is 8.60 Å². The standard InChI is InChI=1S/C14H16F4N2O2S/c1-8(20-23(22)13(2,3)4)10-7-9(5-6-11(10)15)19-12(21)14(16,17)18/h5-7H,1-4H3,(H,19,21)/b20-8+. The molecule has 0 radical (unpaired) electrons. The van der Waals surface area contributed by atoms with Crippen LogP contribution in [0.25, 0.3) is 0 Å². The topological polar surface area (TPSA) is 58.5 Å². The first-order valence-corrected chi connectivity index (χ1v) is 7.58. The molecule has 1 amide bonds. The van der Waals surface area contributed by atoms with Gasteiger partial charge in [0.2, 0.25) is 0 Å². The molecule has 128 valence electrons. The molecule has 1 aromatic rings. The van der Waals surface area contributed by atoms with Gasteiger partial charge in [0.05, 0.1) is 10.5 Å². The highest BCUT2D eigenvalue weighted by Gasteiger charge is 2.38. The summed E-state index contributed by atoms with van der Waals surface area (Å²) in [5, 5.41) is 1.63. The van der Waals surface area contributed by atoms with Crippen molar-refractivity contribution >= 4 is 28.3 Å². The van der Waals surface area contributed by atoms with Crippen LogP contribution in [0.15, 0.2) is 22.6 Å². The summed E-state index contributed by atoms with van der Waals surface area (Å²) in [5.74, 6) is -2.91. The van der Waals surface area contributed by atoms with E-state index in [0.29, 0.717) is 0 Å². The Morgan fingerprint density at radius 2 is 1.78 bits per heavy atom. The van der Waals surface area contributed by atoms with Crippen LogP contribution < -0.4 is 5.32 Å². The molecule has 0 fully saturated rings. The summed E-state index contributed by atoms with van der Waals surface area (Å²) in [6, 6.07) is 2.91. The second kappa shape index (κ2) is 6.77. The van der Waals surface area contributed by atoms with Crippen molar-refractivity contribution in [3.8, 4) is 0 Å². The second-order valence-corrected chi connectivity index (χ2v) is 7.59. The fourth-order valence-electron chi connectivity index (χ4n) is 1.39. The molecular formula is C14H16F4N2O2S. The molecule has 0 saturated heterocycles. The Morgan fingerprint density at radius 1 is 1.22 bits per heavy atom. The summed E-state index contributed by atoms with van der Waals surface area (Å²) >= 11 is 0. The summed E-state index contributed by atoms with van der Waals surface area (Å²) in [4.78, 5) is 10.9. The average molecular weight is 352 g/mol. The summed E-state index contributed by atoms with van der Waals surface area (Å²) in [5.41, 5.74) is -0.318. The lowest BCUT2D eigenvalue weighted by molar-refractivity contribution is -0.167. The zero-order chi connectivity index (χ0) is 18.0. The smallest absolute Gasteiger partial charge is 0.318 e. The first kappa shape index (κ1) is 19.3. The summed E-state index contributed by atoms with van der Waals surface area (Å²) in [7, 11) is -1.65. The average Bonchev–Trinajstić information content (AvgIpc) is 2.38. The van der Waals surface area contributed by atoms with Crippen LogP contribution in [0.1, 0.15) is 33.3 Å². The maximum absolute atomic E-state index is 13.8. The minimum Gasteiger partial charge on any atom is -0.318 e. The third-order valence-electron chi connectivity index (χ3n) is 2.62. The molecular weight excluding hydrogens is 336 g/mol. The monoisotopic (exact) mass is 352 g/mol. The number of hydrogen-bond donors (Lipinski definition) is 1. The van der Waals surface area contributed by atoms with Gasteiger partial charge in [0, 0.05) is 11.3 Å². The molecule has 0 heterocycles. The first-order valence-electron chi connectivity index (χ1n) is 6.48. The SMILES string of the molecule is C/C(=N\S(=O)C(C)(C)C)c1cc(NC(=O)C(F)(F)F)ccc1F. The lowest BCUT2D eigenvalue weighted by Gasteiger charge is -2.15. The number of benzene rings is 1. The van der Waals surface area contributed by atoms with E-state index < -0.39 is 33.6 Å². The van der Waals surface area contributed by atoms with Gasteiger partial charge in [0.25, 0.3) is 0 Å². The van der Waals surface area contributed by atoms with Crippen molar-refractivity contribution in [1.82, 2.24) is 0 Å². The number of halogens is 4. The van der Waals surface area contributed by atoms with Crippen molar-refractivity contribution in [2.75, 3.05) is 5.32 Å². The van der Waals surface area contributed by atoms with E-state index in [1.165, 1.54) is 6.92 Å². The normalized spacial score (nSPS) is 14.5. The van der Waals surface area contributed by atoms with Gasteiger partial charge in [-0.1, -0.05) is 0 Å². The molecule has 4 nitrogen and oxygen atoms in total. The van der Waals surface area contributed by atoms with Crippen molar-refractivity contribution in [2.24, 2.45) is 4.40 Å². The molecule has 1 atom stereocenters. The largest absolute Gasteiger partial charge is 0.471 e. The van der Waals surface area contributed by atoms with Crippen LogP contribution in [0.4, 0.5) is 23.2 Å². The molecule has 0 spiro atoms. The molecule has 9 heteroatoms. The van der Waals surface area contributed by atoms with E-state index >= 15 is 0 Å². The second-order valence-electron chi connectivity index (χ2n) is 5.68. The van der Waals surface area contributed by atoms with Gasteiger partial charge >= 0.3 is 12.1 Å². The Labute approximate surface area is 133 Å². The van der Waals surface area contributed by atoms with Gasteiger partial charge in [-0.15, -0.1) is 0 Å². The van der Waals surface area contributed by atoms with E-state index in [-0.39, 0.29) is 17.0 Å². The van der Waals surface area contributed by atoms with Crippen molar-refractivity contribution in [2.45, 2.75) is 38.6 Å².